The second-order valence-electron chi connectivity index (χ2n) is 14.9. The maximum absolute atomic E-state index is 13.2. The van der Waals surface area contributed by atoms with Gasteiger partial charge in [-0.1, -0.05) is 140 Å². The van der Waals surface area contributed by atoms with Gasteiger partial charge in [0, 0.05) is 0 Å². The van der Waals surface area contributed by atoms with Gasteiger partial charge in [-0.25, -0.2) is 0 Å². The molecule has 0 aromatic heterocycles. The van der Waals surface area contributed by atoms with Gasteiger partial charge in [0.25, 0.3) is 0 Å². The minimum atomic E-state index is -4.34. The first kappa shape index (κ1) is 49.6. The van der Waals surface area contributed by atoms with Crippen molar-refractivity contribution in [3.8, 4) is 22.3 Å². The van der Waals surface area contributed by atoms with Crippen molar-refractivity contribution >= 4 is 53.2 Å². The topological polar surface area (TPSA) is 0 Å². The van der Waals surface area contributed by atoms with E-state index in [0.717, 1.165) is 16.7 Å². The van der Waals surface area contributed by atoms with Crippen LogP contribution in [0.3, 0.4) is 0 Å². The fraction of sp³-hybridized carbons (Fsp3) is 0.289. The van der Waals surface area contributed by atoms with Crippen LogP contribution in [0, 0.1) is 21.8 Å². The van der Waals surface area contributed by atoms with Gasteiger partial charge in [0.05, 0.1) is 0 Å². The fourth-order valence-corrected chi connectivity index (χ4v) is 6.09. The van der Waals surface area contributed by atoms with Crippen molar-refractivity contribution in [2.45, 2.75) is 85.2 Å². The summed E-state index contributed by atoms with van der Waals surface area (Å²) >= 11 is 1.36. The number of alkyl halides is 3. The molecule has 2 radical (unpaired) electrons. The first-order valence-corrected chi connectivity index (χ1v) is 20.6. The first-order chi connectivity index (χ1) is 22.4. The molecule has 0 fully saturated rings. The Morgan fingerprint density at radius 1 is 0.615 bits per heavy atom. The van der Waals surface area contributed by atoms with Gasteiger partial charge in [0.2, 0.25) is 0 Å². The van der Waals surface area contributed by atoms with E-state index >= 15 is 0 Å². The SMILES string of the molecule is CC(C)c1cc2c(-c3ccc(C(C)(C)C)cc3)cccc2[cH-]1.Cc1cc2c(-c3ccc(C(C)(C)C)cc3)ccc(C(F)(F)F)c2[cH-]1.Cl.Cl.[CH3-].[CH3-].[Si]=[Zr]. The Balaban J connectivity index is 0.000000892. The number of halogens is 5. The van der Waals surface area contributed by atoms with E-state index in [9.17, 15) is 13.2 Å². The summed E-state index contributed by atoms with van der Waals surface area (Å²) in [4.78, 5) is 0. The number of aryl methyl sites for hydroxylation is 1. The monoisotopic (exact) mass is 838 g/mol. The molecule has 0 aliphatic rings. The second-order valence-corrected chi connectivity index (χ2v) is 14.9. The van der Waals surface area contributed by atoms with Crippen molar-refractivity contribution in [3.05, 3.63) is 146 Å². The van der Waals surface area contributed by atoms with Crippen LogP contribution in [0.25, 0.3) is 43.8 Å². The van der Waals surface area contributed by atoms with Gasteiger partial charge in [-0.05, 0) is 44.6 Å². The summed E-state index contributed by atoms with van der Waals surface area (Å²) in [5, 5.41) is 3.65. The van der Waals surface area contributed by atoms with E-state index < -0.39 is 11.7 Å². The summed E-state index contributed by atoms with van der Waals surface area (Å²) in [5.41, 5.74) is 8.95. The molecule has 0 nitrogen and oxygen atoms in total. The predicted molar refractivity (Wildman–Crippen MR) is 224 cm³/mol. The molecule has 0 N–H and O–H groups in total. The second kappa shape index (κ2) is 19.8. The predicted octanol–water partition coefficient (Wildman–Crippen LogP) is 14.9. The van der Waals surface area contributed by atoms with Crippen LogP contribution in [0.5, 0.6) is 0 Å². The molecular weight excluding hydrogens is 788 g/mol. The van der Waals surface area contributed by atoms with Crippen LogP contribution in [0.4, 0.5) is 13.2 Å². The summed E-state index contributed by atoms with van der Waals surface area (Å²) < 4.78 is 39.7. The number of hydrogen-bond acceptors (Lipinski definition) is 0. The molecule has 0 bridgehead atoms. The van der Waals surface area contributed by atoms with Gasteiger partial charge in [0.15, 0.2) is 0 Å². The van der Waals surface area contributed by atoms with Crippen LogP contribution >= 0.6 is 24.8 Å². The molecule has 0 unspecified atom stereocenters. The summed E-state index contributed by atoms with van der Waals surface area (Å²) in [6.07, 6.45) is -4.34. The Kier molecular flexibility index (Phi) is 18.8. The van der Waals surface area contributed by atoms with E-state index in [0.29, 0.717) is 11.3 Å². The average molecular weight is 841 g/mol. The van der Waals surface area contributed by atoms with Crippen molar-refractivity contribution in [1.82, 2.24) is 0 Å². The summed E-state index contributed by atoms with van der Waals surface area (Å²) in [6, 6.07) is 34.6. The molecule has 6 aromatic carbocycles. The molecule has 6 aromatic rings. The molecule has 0 spiro atoms. The molecule has 0 aliphatic carbocycles. The zero-order chi connectivity index (χ0) is 35.6. The van der Waals surface area contributed by atoms with Gasteiger partial charge in [-0.15, -0.1) is 81.8 Å². The molecular formula is C45H53Cl2F3SiZr-4. The van der Waals surface area contributed by atoms with Gasteiger partial charge < -0.3 is 14.9 Å². The molecule has 0 atom stereocenters. The van der Waals surface area contributed by atoms with Crippen LogP contribution in [0.2, 0.25) is 0 Å². The molecule has 0 saturated carbocycles. The Labute approximate surface area is 340 Å². The number of rotatable bonds is 3. The third kappa shape index (κ3) is 11.5. The fourth-order valence-electron chi connectivity index (χ4n) is 6.09. The third-order valence-electron chi connectivity index (χ3n) is 8.90. The maximum atomic E-state index is 13.2. The standard InChI is InChI=1S/C22H25.C21H20F3.2CH3.2ClH.Si.Zr/c1-15(2)18-13-17-7-6-8-20(21(17)14-18)16-9-11-19(12-10-16)22(3,4)5;1-13-11-17-16(9-10-19(18(17)12-13)21(22,23)24)14-5-7-15(8-6-14)20(2,3)4;;;;;;/h6-15H,1-5H3;5-12H,1-4H3;2*1H3;2*1H;;/q4*-1;;;;. The zero-order valence-electron chi connectivity index (χ0n) is 32.3. The Hall–Kier alpha value is -2.43. The molecule has 0 heterocycles. The Bertz CT molecular complexity index is 1990. The molecule has 0 aliphatic heterocycles. The van der Waals surface area contributed by atoms with E-state index in [2.05, 4.69) is 129 Å². The molecule has 6 rings (SSSR count). The molecule has 0 amide bonds. The summed E-state index contributed by atoms with van der Waals surface area (Å²) in [6.45, 7) is 22.6. The van der Waals surface area contributed by atoms with Gasteiger partial charge >= 0.3 is 36.4 Å². The van der Waals surface area contributed by atoms with Crippen LogP contribution in [-0.4, -0.2) is 6.88 Å². The third-order valence-corrected chi connectivity index (χ3v) is 8.90. The van der Waals surface area contributed by atoms with Crippen LogP contribution in [-0.2, 0) is 40.3 Å². The molecule has 7 heteroatoms. The molecule has 0 saturated heterocycles. The van der Waals surface area contributed by atoms with Gasteiger partial charge in [0.1, 0.15) is 0 Å². The number of fused-ring (bicyclic) bond motifs is 2. The number of benzene rings is 4. The number of hydrogen-bond donors (Lipinski definition) is 0. The molecule has 280 valence electrons. The normalized spacial score (nSPS) is 11.2. The first-order valence-electron chi connectivity index (χ1n) is 16.4. The summed E-state index contributed by atoms with van der Waals surface area (Å²) in [7, 11) is 0. The Morgan fingerprint density at radius 2 is 1.08 bits per heavy atom. The van der Waals surface area contributed by atoms with Crippen LogP contribution in [0.1, 0.15) is 89.1 Å². The van der Waals surface area contributed by atoms with Crippen molar-refractivity contribution in [2.24, 2.45) is 0 Å². The van der Waals surface area contributed by atoms with Crippen LogP contribution < -0.4 is 0 Å². The van der Waals surface area contributed by atoms with Crippen molar-refractivity contribution in [3.63, 3.8) is 0 Å². The van der Waals surface area contributed by atoms with E-state index in [1.54, 1.807) is 12.1 Å². The van der Waals surface area contributed by atoms with Crippen molar-refractivity contribution < 1.29 is 36.5 Å². The van der Waals surface area contributed by atoms with E-state index in [1.807, 2.05) is 25.1 Å². The summed E-state index contributed by atoms with van der Waals surface area (Å²) in [5.74, 6) is 0.573. The molecule has 52 heavy (non-hydrogen) atoms. The quantitative estimate of drug-likeness (QED) is 0.123. The van der Waals surface area contributed by atoms with Gasteiger partial charge in [-0.2, -0.15) is 25.3 Å². The zero-order valence-corrected chi connectivity index (χ0v) is 37.4. The van der Waals surface area contributed by atoms with Crippen LogP contribution in [0.15, 0.2) is 103 Å². The minimum absolute atomic E-state index is 0. The van der Waals surface area contributed by atoms with E-state index in [1.165, 1.54) is 68.0 Å². The van der Waals surface area contributed by atoms with E-state index in [4.69, 9.17) is 0 Å². The van der Waals surface area contributed by atoms with E-state index in [-0.39, 0.29) is 55.9 Å². The van der Waals surface area contributed by atoms with Gasteiger partial charge in [-0.3, -0.25) is 0 Å². The van der Waals surface area contributed by atoms with Crippen molar-refractivity contribution in [1.29, 1.82) is 0 Å². The average Bonchev–Trinajstić information content (AvgIpc) is 3.64. The van der Waals surface area contributed by atoms with Crippen molar-refractivity contribution in [2.75, 3.05) is 0 Å². The Morgan fingerprint density at radius 3 is 1.50 bits per heavy atom.